The van der Waals surface area contributed by atoms with Gasteiger partial charge in [-0.1, -0.05) is 32.9 Å². The molecule has 8 heteroatoms. The molecule has 0 fully saturated rings. The van der Waals surface area contributed by atoms with Crippen LogP contribution in [0.4, 0.5) is 27.7 Å². The van der Waals surface area contributed by atoms with Crippen molar-refractivity contribution in [2.24, 2.45) is 0 Å². The van der Waals surface area contributed by atoms with Gasteiger partial charge in [-0.15, -0.1) is 0 Å². The number of hydrogen-bond donors (Lipinski definition) is 3. The molecule has 0 aliphatic rings. The minimum atomic E-state index is -0.296. The van der Waals surface area contributed by atoms with Crippen LogP contribution in [0.5, 0.6) is 0 Å². The Morgan fingerprint density at radius 1 is 0.848 bits per heavy atom. The molecule has 0 atom stereocenters. The molecule has 2 aromatic heterocycles. The van der Waals surface area contributed by atoms with E-state index in [9.17, 15) is 4.79 Å². The Morgan fingerprint density at radius 2 is 1.45 bits per heavy atom. The van der Waals surface area contributed by atoms with Gasteiger partial charge in [0.1, 0.15) is 23.8 Å². The number of imidazole rings is 1. The largest absolute Gasteiger partial charge is 0.340 e. The quantitative estimate of drug-likeness (QED) is 0.371. The number of benzene rings is 2. The number of rotatable bonds is 5. The highest BCUT2D eigenvalue weighted by molar-refractivity contribution is 5.99. The maximum absolute atomic E-state index is 12.4. The van der Waals surface area contributed by atoms with E-state index in [-0.39, 0.29) is 11.4 Å². The number of anilines is 4. The summed E-state index contributed by atoms with van der Waals surface area (Å²) in [6.07, 6.45) is 5.09. The SMILES string of the molecule is Cc1nccn1-c1cc(Nc2ccc(NC(=O)Nc3ccc(C(C)(C)C)cc3)cc2)ncn1. The number of urea groups is 1. The number of nitrogens with zero attached hydrogens (tertiary/aromatic N) is 4. The summed E-state index contributed by atoms with van der Waals surface area (Å²) in [5.74, 6) is 2.23. The van der Waals surface area contributed by atoms with Crippen LogP contribution in [0.3, 0.4) is 0 Å². The average molecular weight is 442 g/mol. The van der Waals surface area contributed by atoms with Gasteiger partial charge in [0.25, 0.3) is 0 Å². The van der Waals surface area contributed by atoms with Gasteiger partial charge in [0.2, 0.25) is 0 Å². The molecule has 0 radical (unpaired) electrons. The standard InChI is InChI=1S/C25H27N7O/c1-17-26-13-14-32(17)23-15-22(27-16-28-23)29-19-9-11-21(12-10-19)31-24(33)30-20-7-5-18(6-8-20)25(2,3)4/h5-16H,1-4H3,(H,27,28,29)(H2,30,31,33). The molecule has 33 heavy (non-hydrogen) atoms. The Kier molecular flexibility index (Phi) is 6.08. The number of aryl methyl sites for hydroxylation is 1. The summed E-state index contributed by atoms with van der Waals surface area (Å²) in [5, 5.41) is 8.95. The van der Waals surface area contributed by atoms with Crippen LogP contribution < -0.4 is 16.0 Å². The Balaban J connectivity index is 1.36. The molecule has 2 heterocycles. The van der Waals surface area contributed by atoms with E-state index in [1.807, 2.05) is 72.3 Å². The monoisotopic (exact) mass is 441 g/mol. The zero-order valence-corrected chi connectivity index (χ0v) is 19.1. The summed E-state index contributed by atoms with van der Waals surface area (Å²) in [7, 11) is 0. The third-order valence-electron chi connectivity index (χ3n) is 5.15. The van der Waals surface area contributed by atoms with Gasteiger partial charge in [0.05, 0.1) is 0 Å². The molecule has 4 aromatic rings. The van der Waals surface area contributed by atoms with Crippen LogP contribution in [-0.2, 0) is 5.41 Å². The molecule has 0 saturated carbocycles. The zero-order chi connectivity index (χ0) is 23.4. The molecule has 4 rings (SSSR count). The summed E-state index contributed by atoms with van der Waals surface area (Å²) < 4.78 is 1.88. The van der Waals surface area contributed by atoms with Crippen LogP contribution in [0.1, 0.15) is 32.2 Å². The lowest BCUT2D eigenvalue weighted by molar-refractivity contribution is 0.262. The molecule has 3 N–H and O–H groups in total. The van der Waals surface area contributed by atoms with Crippen LogP contribution in [0, 0.1) is 6.92 Å². The lowest BCUT2D eigenvalue weighted by Crippen LogP contribution is -2.19. The van der Waals surface area contributed by atoms with E-state index in [2.05, 4.69) is 51.7 Å². The molecule has 2 aromatic carbocycles. The smallest absolute Gasteiger partial charge is 0.323 e. The second-order valence-corrected chi connectivity index (χ2v) is 8.71. The fourth-order valence-corrected chi connectivity index (χ4v) is 3.30. The zero-order valence-electron chi connectivity index (χ0n) is 19.1. The normalized spacial score (nSPS) is 11.2. The van der Waals surface area contributed by atoms with E-state index in [4.69, 9.17) is 0 Å². The van der Waals surface area contributed by atoms with E-state index < -0.39 is 0 Å². The molecular formula is C25H27N7O. The van der Waals surface area contributed by atoms with Crippen LogP contribution in [0.25, 0.3) is 5.82 Å². The molecule has 0 unspecified atom stereocenters. The number of hydrogen-bond acceptors (Lipinski definition) is 5. The van der Waals surface area contributed by atoms with Crippen molar-refractivity contribution >= 4 is 28.9 Å². The third-order valence-corrected chi connectivity index (χ3v) is 5.15. The molecule has 8 nitrogen and oxygen atoms in total. The first-order valence-electron chi connectivity index (χ1n) is 10.7. The van der Waals surface area contributed by atoms with E-state index >= 15 is 0 Å². The van der Waals surface area contributed by atoms with Crippen molar-refractivity contribution in [2.75, 3.05) is 16.0 Å². The Hall–Kier alpha value is -4.20. The first-order valence-corrected chi connectivity index (χ1v) is 10.7. The molecule has 0 spiro atoms. The van der Waals surface area contributed by atoms with E-state index in [1.54, 1.807) is 6.20 Å². The summed E-state index contributed by atoms with van der Waals surface area (Å²) in [6.45, 7) is 8.39. The Morgan fingerprint density at radius 3 is 2.03 bits per heavy atom. The summed E-state index contributed by atoms with van der Waals surface area (Å²) in [5.41, 5.74) is 3.55. The van der Waals surface area contributed by atoms with Crippen molar-refractivity contribution in [1.29, 1.82) is 0 Å². The number of nitrogens with one attached hydrogen (secondary N) is 3. The third kappa shape index (κ3) is 5.54. The van der Waals surface area contributed by atoms with Gasteiger partial charge in [-0.05, 0) is 54.3 Å². The fraction of sp³-hybridized carbons (Fsp3) is 0.200. The lowest BCUT2D eigenvalue weighted by Gasteiger charge is -2.19. The van der Waals surface area contributed by atoms with Crippen LogP contribution in [-0.4, -0.2) is 25.6 Å². The number of carbonyl (C=O) groups is 1. The molecule has 0 aliphatic heterocycles. The Bertz CT molecular complexity index is 1240. The number of aromatic nitrogens is 4. The van der Waals surface area contributed by atoms with Crippen molar-refractivity contribution in [3.63, 3.8) is 0 Å². The van der Waals surface area contributed by atoms with Gasteiger partial charge >= 0.3 is 6.03 Å². The summed E-state index contributed by atoms with van der Waals surface area (Å²) >= 11 is 0. The van der Waals surface area contributed by atoms with Gasteiger partial charge in [-0.25, -0.2) is 19.7 Å². The maximum Gasteiger partial charge on any atom is 0.323 e. The van der Waals surface area contributed by atoms with Gasteiger partial charge in [-0.2, -0.15) is 0 Å². The second-order valence-electron chi connectivity index (χ2n) is 8.71. The molecule has 0 saturated heterocycles. The highest BCUT2D eigenvalue weighted by atomic mass is 16.2. The van der Waals surface area contributed by atoms with Gasteiger partial charge in [0.15, 0.2) is 0 Å². The first-order chi connectivity index (χ1) is 15.8. The molecule has 2 amide bonds. The second kappa shape index (κ2) is 9.12. The molecule has 0 aliphatic carbocycles. The van der Waals surface area contributed by atoms with Gasteiger partial charge in [0, 0.05) is 35.5 Å². The van der Waals surface area contributed by atoms with E-state index in [0.717, 1.165) is 23.0 Å². The van der Waals surface area contributed by atoms with Gasteiger partial charge in [-0.3, -0.25) is 4.57 Å². The predicted molar refractivity (Wildman–Crippen MR) is 131 cm³/mol. The summed E-state index contributed by atoms with van der Waals surface area (Å²) in [4.78, 5) is 25.2. The minimum Gasteiger partial charge on any atom is -0.340 e. The predicted octanol–water partition coefficient (Wildman–Crippen LogP) is 5.66. The minimum absolute atomic E-state index is 0.0718. The topological polar surface area (TPSA) is 96.8 Å². The molecule has 168 valence electrons. The number of amides is 2. The Labute approximate surface area is 193 Å². The first kappa shape index (κ1) is 22.0. The van der Waals surface area contributed by atoms with Crippen LogP contribution >= 0.6 is 0 Å². The maximum atomic E-state index is 12.4. The molecular weight excluding hydrogens is 414 g/mol. The van der Waals surface area contributed by atoms with E-state index in [1.165, 1.54) is 11.9 Å². The average Bonchev–Trinajstić information content (AvgIpc) is 3.21. The molecule has 0 bridgehead atoms. The summed E-state index contributed by atoms with van der Waals surface area (Å²) in [6, 6.07) is 16.8. The lowest BCUT2D eigenvalue weighted by atomic mass is 9.87. The van der Waals surface area contributed by atoms with Crippen molar-refractivity contribution < 1.29 is 4.79 Å². The van der Waals surface area contributed by atoms with Crippen molar-refractivity contribution in [3.8, 4) is 5.82 Å². The highest BCUT2D eigenvalue weighted by Gasteiger charge is 2.13. The van der Waals surface area contributed by atoms with Crippen molar-refractivity contribution in [2.45, 2.75) is 33.1 Å². The number of carbonyl (C=O) groups excluding carboxylic acids is 1. The van der Waals surface area contributed by atoms with Crippen molar-refractivity contribution in [3.05, 3.63) is 84.7 Å². The van der Waals surface area contributed by atoms with Crippen LogP contribution in [0.15, 0.2) is 73.3 Å². The van der Waals surface area contributed by atoms with Crippen LogP contribution in [0.2, 0.25) is 0 Å². The highest BCUT2D eigenvalue weighted by Crippen LogP contribution is 2.24. The fourth-order valence-electron chi connectivity index (χ4n) is 3.30. The van der Waals surface area contributed by atoms with Gasteiger partial charge < -0.3 is 16.0 Å². The van der Waals surface area contributed by atoms with E-state index in [0.29, 0.717) is 11.5 Å². The van der Waals surface area contributed by atoms with Crippen molar-refractivity contribution in [1.82, 2.24) is 19.5 Å².